The summed E-state index contributed by atoms with van der Waals surface area (Å²) in [7, 11) is 0. The summed E-state index contributed by atoms with van der Waals surface area (Å²) < 4.78 is 20.3. The zero-order valence-corrected chi connectivity index (χ0v) is 13.3. The van der Waals surface area contributed by atoms with E-state index < -0.39 is 0 Å². The molecule has 1 aromatic heterocycles. The molecule has 1 heterocycles. The molecule has 0 spiro atoms. The zero-order chi connectivity index (χ0) is 16.2. The summed E-state index contributed by atoms with van der Waals surface area (Å²) in [6, 6.07) is 13.3. The first kappa shape index (κ1) is 15.5. The molecule has 0 atom stereocenters. The number of fused-ring (bicyclic) bond motifs is 1. The number of benzene rings is 2. The van der Waals surface area contributed by atoms with Gasteiger partial charge in [0.25, 0.3) is 0 Å². The molecule has 3 rings (SSSR count). The quantitative estimate of drug-likeness (QED) is 0.683. The predicted octanol–water partition coefficient (Wildman–Crippen LogP) is 4.46. The minimum atomic E-state index is 0.116. The standard InChI is InChI=1S/C18H20FN3O/c1-13(2)12-22-17-8-7-16(9-15(17)11-21-22)23-18-6-4-3-5-14(18)10-20-19/h3-9,11,13,20H,10,12H2,1-2H3. The average Bonchev–Trinajstić information content (AvgIpc) is 2.91. The van der Waals surface area contributed by atoms with Crippen molar-refractivity contribution in [2.75, 3.05) is 0 Å². The molecule has 5 heteroatoms. The van der Waals surface area contributed by atoms with E-state index in [9.17, 15) is 4.48 Å². The summed E-state index contributed by atoms with van der Waals surface area (Å²) in [4.78, 5) is 0. The molecule has 0 amide bonds. The van der Waals surface area contributed by atoms with Crippen LogP contribution < -0.4 is 10.3 Å². The van der Waals surface area contributed by atoms with E-state index in [0.29, 0.717) is 17.4 Å². The fraction of sp³-hybridized carbons (Fsp3) is 0.278. The molecule has 3 aromatic rings. The number of nitrogens with one attached hydrogen (secondary N) is 1. The minimum absolute atomic E-state index is 0.116. The number of rotatable bonds is 6. The fourth-order valence-corrected chi connectivity index (χ4v) is 2.57. The van der Waals surface area contributed by atoms with Gasteiger partial charge >= 0.3 is 0 Å². The number of hydrogen-bond donors (Lipinski definition) is 1. The second-order valence-electron chi connectivity index (χ2n) is 5.96. The van der Waals surface area contributed by atoms with Gasteiger partial charge in [-0.05, 0) is 30.2 Å². The number of nitrogens with zero attached hydrogens (tertiary/aromatic N) is 2. The second-order valence-corrected chi connectivity index (χ2v) is 5.96. The summed E-state index contributed by atoms with van der Waals surface area (Å²) in [5.41, 5.74) is 3.52. The van der Waals surface area contributed by atoms with Crippen molar-refractivity contribution in [1.82, 2.24) is 15.3 Å². The third-order valence-electron chi connectivity index (χ3n) is 3.61. The van der Waals surface area contributed by atoms with Gasteiger partial charge in [0, 0.05) is 17.5 Å². The van der Waals surface area contributed by atoms with Crippen molar-refractivity contribution < 1.29 is 9.22 Å². The minimum Gasteiger partial charge on any atom is -0.457 e. The Bertz CT molecular complexity index is 798. The number of aromatic nitrogens is 2. The first-order valence-corrected chi connectivity index (χ1v) is 7.72. The molecule has 0 radical (unpaired) electrons. The van der Waals surface area contributed by atoms with Crippen molar-refractivity contribution in [3.63, 3.8) is 0 Å². The summed E-state index contributed by atoms with van der Waals surface area (Å²) in [5, 5.41) is 5.46. The Morgan fingerprint density at radius 1 is 1.22 bits per heavy atom. The van der Waals surface area contributed by atoms with E-state index >= 15 is 0 Å². The van der Waals surface area contributed by atoms with Crippen molar-refractivity contribution in [2.24, 2.45) is 5.92 Å². The van der Waals surface area contributed by atoms with E-state index in [2.05, 4.69) is 18.9 Å². The van der Waals surface area contributed by atoms with Gasteiger partial charge in [0.1, 0.15) is 11.5 Å². The maximum absolute atomic E-state index is 12.4. The van der Waals surface area contributed by atoms with Gasteiger partial charge in [-0.2, -0.15) is 10.6 Å². The first-order chi connectivity index (χ1) is 11.2. The molecule has 0 fully saturated rings. The molecule has 4 nitrogen and oxygen atoms in total. The number of hydrogen-bond acceptors (Lipinski definition) is 3. The normalized spacial score (nSPS) is 11.3. The first-order valence-electron chi connectivity index (χ1n) is 7.72. The third-order valence-corrected chi connectivity index (χ3v) is 3.61. The molecule has 0 aliphatic carbocycles. The van der Waals surface area contributed by atoms with Crippen LogP contribution in [0.2, 0.25) is 0 Å². The molecule has 1 N–H and O–H groups in total. The van der Waals surface area contributed by atoms with Gasteiger partial charge < -0.3 is 4.74 Å². The topological polar surface area (TPSA) is 39.1 Å². The molecule has 0 aliphatic rings. The summed E-state index contributed by atoms with van der Waals surface area (Å²) in [5.74, 6) is 1.90. The molecule has 2 aromatic carbocycles. The largest absolute Gasteiger partial charge is 0.457 e. The Balaban J connectivity index is 1.87. The van der Waals surface area contributed by atoms with Crippen LogP contribution in [0.3, 0.4) is 0 Å². The number of halogens is 1. The van der Waals surface area contributed by atoms with E-state index in [1.165, 1.54) is 0 Å². The SMILES string of the molecule is CC(C)Cn1ncc2cc(Oc3ccccc3CNF)ccc21. The van der Waals surface area contributed by atoms with Gasteiger partial charge in [0.2, 0.25) is 0 Å². The lowest BCUT2D eigenvalue weighted by atomic mass is 10.2. The van der Waals surface area contributed by atoms with Crippen molar-refractivity contribution in [3.05, 3.63) is 54.2 Å². The van der Waals surface area contributed by atoms with E-state index in [1.54, 1.807) is 5.54 Å². The van der Waals surface area contributed by atoms with Crippen molar-refractivity contribution >= 4 is 10.9 Å². The average molecular weight is 313 g/mol. The fourth-order valence-electron chi connectivity index (χ4n) is 2.57. The maximum atomic E-state index is 12.4. The highest BCUT2D eigenvalue weighted by molar-refractivity contribution is 5.80. The van der Waals surface area contributed by atoms with Crippen molar-refractivity contribution in [1.29, 1.82) is 0 Å². The van der Waals surface area contributed by atoms with Gasteiger partial charge in [-0.1, -0.05) is 32.0 Å². The van der Waals surface area contributed by atoms with E-state index in [4.69, 9.17) is 4.74 Å². The van der Waals surface area contributed by atoms with Gasteiger partial charge in [0.05, 0.1) is 18.3 Å². The highest BCUT2D eigenvalue weighted by Crippen LogP contribution is 2.28. The number of para-hydroxylation sites is 1. The number of ether oxygens (including phenoxy) is 1. The lowest BCUT2D eigenvalue weighted by Crippen LogP contribution is -2.05. The smallest absolute Gasteiger partial charge is 0.132 e. The Labute approximate surface area is 134 Å². The monoisotopic (exact) mass is 313 g/mol. The second kappa shape index (κ2) is 6.79. The van der Waals surface area contributed by atoms with Crippen molar-refractivity contribution in [3.8, 4) is 11.5 Å². The van der Waals surface area contributed by atoms with Crippen LogP contribution in [0, 0.1) is 5.92 Å². The summed E-state index contributed by atoms with van der Waals surface area (Å²) in [6.45, 7) is 5.33. The van der Waals surface area contributed by atoms with Crippen LogP contribution in [-0.2, 0) is 13.1 Å². The lowest BCUT2D eigenvalue weighted by molar-refractivity contribution is 0.326. The molecule has 0 saturated carbocycles. The predicted molar refractivity (Wildman–Crippen MR) is 89.0 cm³/mol. The highest BCUT2D eigenvalue weighted by atomic mass is 19.2. The van der Waals surface area contributed by atoms with Crippen LogP contribution >= 0.6 is 0 Å². The Hall–Kier alpha value is -2.40. The maximum Gasteiger partial charge on any atom is 0.132 e. The van der Waals surface area contributed by atoms with E-state index in [1.807, 2.05) is 53.3 Å². The molecule has 0 bridgehead atoms. The van der Waals surface area contributed by atoms with Gasteiger partial charge in [-0.15, -0.1) is 4.48 Å². The summed E-state index contributed by atoms with van der Waals surface area (Å²) in [6.07, 6.45) is 1.85. The van der Waals surface area contributed by atoms with Crippen LogP contribution in [0.5, 0.6) is 11.5 Å². The molecule has 0 aliphatic heterocycles. The van der Waals surface area contributed by atoms with Gasteiger partial charge in [0.15, 0.2) is 0 Å². The molecular formula is C18H20FN3O. The van der Waals surface area contributed by atoms with Crippen LogP contribution in [0.25, 0.3) is 10.9 Å². The van der Waals surface area contributed by atoms with E-state index in [-0.39, 0.29) is 6.54 Å². The Morgan fingerprint density at radius 3 is 2.83 bits per heavy atom. The Morgan fingerprint density at radius 2 is 2.04 bits per heavy atom. The van der Waals surface area contributed by atoms with Crippen LogP contribution in [0.4, 0.5) is 4.48 Å². The molecular weight excluding hydrogens is 293 g/mol. The van der Waals surface area contributed by atoms with Gasteiger partial charge in [-0.25, -0.2) is 0 Å². The molecule has 120 valence electrons. The van der Waals surface area contributed by atoms with Gasteiger partial charge in [-0.3, -0.25) is 4.68 Å². The Kier molecular flexibility index (Phi) is 4.57. The molecule has 0 unspecified atom stereocenters. The third kappa shape index (κ3) is 3.51. The van der Waals surface area contributed by atoms with Crippen LogP contribution in [0.1, 0.15) is 19.4 Å². The van der Waals surface area contributed by atoms with Crippen LogP contribution in [0.15, 0.2) is 48.7 Å². The highest BCUT2D eigenvalue weighted by Gasteiger charge is 2.08. The lowest BCUT2D eigenvalue weighted by Gasteiger charge is -2.11. The van der Waals surface area contributed by atoms with Crippen LogP contribution in [-0.4, -0.2) is 9.78 Å². The molecule has 23 heavy (non-hydrogen) atoms. The van der Waals surface area contributed by atoms with Crippen molar-refractivity contribution in [2.45, 2.75) is 26.9 Å². The molecule has 0 saturated heterocycles. The summed E-state index contributed by atoms with van der Waals surface area (Å²) >= 11 is 0. The van der Waals surface area contributed by atoms with E-state index in [0.717, 1.165) is 23.0 Å². The zero-order valence-electron chi connectivity index (χ0n) is 13.3.